The smallest absolute Gasteiger partial charge is 0.254 e. The minimum Gasteiger partial charge on any atom is -0.323 e. The lowest BCUT2D eigenvalue weighted by Crippen LogP contribution is -2.28. The molecule has 1 aliphatic heterocycles. The van der Waals surface area contributed by atoms with Gasteiger partial charge in [-0.05, 0) is 24.3 Å². The highest BCUT2D eigenvalue weighted by Crippen LogP contribution is 2.15. The van der Waals surface area contributed by atoms with Gasteiger partial charge < -0.3 is 4.90 Å². The second-order valence-electron chi connectivity index (χ2n) is 3.65. The van der Waals surface area contributed by atoms with Crippen LogP contribution >= 0.6 is 11.6 Å². The van der Waals surface area contributed by atoms with E-state index in [-0.39, 0.29) is 24.1 Å². The number of sulfone groups is 1. The summed E-state index contributed by atoms with van der Waals surface area (Å²) in [7, 11) is -3.08. The van der Waals surface area contributed by atoms with Gasteiger partial charge in [-0.2, -0.15) is 0 Å². The average Bonchev–Trinajstić information content (AvgIpc) is 2.59. The van der Waals surface area contributed by atoms with E-state index >= 15 is 0 Å². The predicted octanol–water partition coefficient (Wildman–Crippen LogP) is 1.17. The molecule has 0 aromatic heterocycles. The maximum Gasteiger partial charge on any atom is 0.254 e. The summed E-state index contributed by atoms with van der Waals surface area (Å²) < 4.78 is 22.4. The van der Waals surface area contributed by atoms with Crippen molar-refractivity contribution in [2.45, 2.75) is 0 Å². The second-order valence-corrected chi connectivity index (χ2v) is 6.24. The summed E-state index contributed by atoms with van der Waals surface area (Å²) >= 11 is 5.70. The maximum absolute atomic E-state index is 11.9. The molecule has 1 fully saturated rings. The van der Waals surface area contributed by atoms with Crippen molar-refractivity contribution in [3.05, 3.63) is 34.9 Å². The molecule has 2 rings (SSSR count). The van der Waals surface area contributed by atoms with Crippen LogP contribution in [0.1, 0.15) is 10.4 Å². The van der Waals surface area contributed by atoms with Gasteiger partial charge in [-0.3, -0.25) is 4.79 Å². The van der Waals surface area contributed by atoms with Gasteiger partial charge in [-0.25, -0.2) is 8.42 Å². The summed E-state index contributed by atoms with van der Waals surface area (Å²) in [6, 6.07) is 6.41. The molecule has 0 atom stereocenters. The first-order chi connectivity index (χ1) is 7.48. The summed E-state index contributed by atoms with van der Waals surface area (Å²) in [5.41, 5.74) is 0.460. The number of carbonyl (C=O) groups is 1. The molecule has 86 valence electrons. The van der Waals surface area contributed by atoms with Crippen LogP contribution in [0, 0.1) is 0 Å². The molecule has 4 nitrogen and oxygen atoms in total. The Labute approximate surface area is 98.7 Å². The zero-order valence-corrected chi connectivity index (χ0v) is 9.96. The molecular formula is C10H10ClNO3S. The van der Waals surface area contributed by atoms with Crippen LogP contribution < -0.4 is 0 Å². The lowest BCUT2D eigenvalue weighted by molar-refractivity contribution is 0.0801. The SMILES string of the molecule is O=C(c1ccc(Cl)cc1)N1CCS(=O)(=O)C1. The topological polar surface area (TPSA) is 54.5 Å². The molecule has 1 saturated heterocycles. The fraction of sp³-hybridized carbons (Fsp3) is 0.300. The molecule has 0 spiro atoms. The molecule has 1 aliphatic rings. The van der Waals surface area contributed by atoms with Crippen LogP contribution in [0.4, 0.5) is 0 Å². The fourth-order valence-corrected chi connectivity index (χ4v) is 3.03. The normalized spacial score (nSPS) is 18.7. The van der Waals surface area contributed by atoms with Crippen LogP contribution in [-0.4, -0.2) is 37.4 Å². The molecule has 0 radical (unpaired) electrons. The monoisotopic (exact) mass is 259 g/mol. The average molecular weight is 260 g/mol. The zero-order chi connectivity index (χ0) is 11.8. The van der Waals surface area contributed by atoms with Gasteiger partial charge in [0.2, 0.25) is 0 Å². The molecule has 1 aromatic rings. The highest BCUT2D eigenvalue weighted by Gasteiger charge is 2.29. The molecule has 1 aromatic carbocycles. The van der Waals surface area contributed by atoms with Gasteiger partial charge in [-0.1, -0.05) is 11.6 Å². The van der Waals surface area contributed by atoms with E-state index in [1.54, 1.807) is 24.3 Å². The van der Waals surface area contributed by atoms with Crippen molar-refractivity contribution in [3.63, 3.8) is 0 Å². The Balaban J connectivity index is 2.18. The first-order valence-electron chi connectivity index (χ1n) is 4.73. The van der Waals surface area contributed by atoms with Crippen LogP contribution in [-0.2, 0) is 9.84 Å². The Bertz CT molecular complexity index is 509. The number of hydrogen-bond acceptors (Lipinski definition) is 3. The van der Waals surface area contributed by atoms with E-state index in [9.17, 15) is 13.2 Å². The lowest BCUT2D eigenvalue weighted by atomic mass is 10.2. The van der Waals surface area contributed by atoms with E-state index in [4.69, 9.17) is 11.6 Å². The van der Waals surface area contributed by atoms with E-state index in [1.807, 2.05) is 0 Å². The van der Waals surface area contributed by atoms with Crippen LogP contribution in [0.5, 0.6) is 0 Å². The van der Waals surface area contributed by atoms with E-state index in [2.05, 4.69) is 0 Å². The largest absolute Gasteiger partial charge is 0.323 e. The van der Waals surface area contributed by atoms with Crippen LogP contribution in [0.3, 0.4) is 0 Å². The molecule has 16 heavy (non-hydrogen) atoms. The summed E-state index contributed by atoms with van der Waals surface area (Å²) in [4.78, 5) is 13.2. The van der Waals surface area contributed by atoms with Gasteiger partial charge in [0.15, 0.2) is 9.84 Å². The van der Waals surface area contributed by atoms with Gasteiger partial charge >= 0.3 is 0 Å². The van der Waals surface area contributed by atoms with Crippen molar-refractivity contribution in [2.24, 2.45) is 0 Å². The minimum atomic E-state index is -3.08. The number of halogens is 1. The van der Waals surface area contributed by atoms with E-state index in [0.717, 1.165) is 0 Å². The first-order valence-corrected chi connectivity index (χ1v) is 6.93. The number of amides is 1. The summed E-state index contributed by atoms with van der Waals surface area (Å²) in [5, 5.41) is 0.547. The Morgan fingerprint density at radius 2 is 1.88 bits per heavy atom. The molecule has 0 unspecified atom stereocenters. The highest BCUT2D eigenvalue weighted by molar-refractivity contribution is 7.91. The van der Waals surface area contributed by atoms with Crippen LogP contribution in [0.25, 0.3) is 0 Å². The van der Waals surface area contributed by atoms with E-state index in [1.165, 1.54) is 4.90 Å². The molecule has 1 amide bonds. The third-order valence-corrected chi connectivity index (χ3v) is 4.16. The van der Waals surface area contributed by atoms with E-state index in [0.29, 0.717) is 10.6 Å². The van der Waals surface area contributed by atoms with E-state index < -0.39 is 9.84 Å². The number of hydrogen-bond donors (Lipinski definition) is 0. The zero-order valence-electron chi connectivity index (χ0n) is 8.39. The number of rotatable bonds is 1. The number of carbonyl (C=O) groups excluding carboxylic acids is 1. The quantitative estimate of drug-likeness (QED) is 0.761. The van der Waals surface area contributed by atoms with Crippen LogP contribution in [0.15, 0.2) is 24.3 Å². The van der Waals surface area contributed by atoms with Gasteiger partial charge in [0, 0.05) is 17.1 Å². The summed E-state index contributed by atoms with van der Waals surface area (Å²) in [6.45, 7) is 0.268. The molecule has 0 saturated carbocycles. The summed E-state index contributed by atoms with van der Waals surface area (Å²) in [5.74, 6) is -0.404. The molecule has 1 heterocycles. The Hall–Kier alpha value is -1.07. The second kappa shape index (κ2) is 4.07. The molecular weight excluding hydrogens is 250 g/mol. The Morgan fingerprint density at radius 1 is 1.25 bits per heavy atom. The van der Waals surface area contributed by atoms with Gasteiger partial charge in [-0.15, -0.1) is 0 Å². The van der Waals surface area contributed by atoms with Gasteiger partial charge in [0.1, 0.15) is 5.88 Å². The van der Waals surface area contributed by atoms with Crippen molar-refractivity contribution in [1.82, 2.24) is 4.90 Å². The van der Waals surface area contributed by atoms with Crippen molar-refractivity contribution in [2.75, 3.05) is 18.2 Å². The first kappa shape index (κ1) is 11.4. The van der Waals surface area contributed by atoms with Crippen LogP contribution in [0.2, 0.25) is 5.02 Å². The Morgan fingerprint density at radius 3 is 2.38 bits per heavy atom. The van der Waals surface area contributed by atoms with Crippen molar-refractivity contribution in [3.8, 4) is 0 Å². The molecule has 0 bridgehead atoms. The fourth-order valence-electron chi connectivity index (χ4n) is 1.55. The van der Waals surface area contributed by atoms with Crippen molar-refractivity contribution < 1.29 is 13.2 Å². The maximum atomic E-state index is 11.9. The summed E-state index contributed by atoms with van der Waals surface area (Å²) in [6.07, 6.45) is 0. The van der Waals surface area contributed by atoms with Gasteiger partial charge in [0.05, 0.1) is 5.75 Å². The standard InChI is InChI=1S/C10H10ClNO3S/c11-9-3-1-8(2-4-9)10(13)12-5-6-16(14,15)7-12/h1-4H,5-7H2. The number of benzene rings is 1. The van der Waals surface area contributed by atoms with Crippen molar-refractivity contribution in [1.29, 1.82) is 0 Å². The third-order valence-electron chi connectivity index (χ3n) is 2.40. The lowest BCUT2D eigenvalue weighted by Gasteiger charge is -2.13. The molecule has 0 aliphatic carbocycles. The number of nitrogens with zero attached hydrogens (tertiary/aromatic N) is 1. The van der Waals surface area contributed by atoms with Gasteiger partial charge in [0.25, 0.3) is 5.91 Å². The minimum absolute atomic E-state index is 0.0479. The highest BCUT2D eigenvalue weighted by atomic mass is 35.5. The third kappa shape index (κ3) is 2.36. The molecule has 0 N–H and O–H groups in total. The Kier molecular flexibility index (Phi) is 2.90. The predicted molar refractivity (Wildman–Crippen MR) is 61.1 cm³/mol. The van der Waals surface area contributed by atoms with Crippen molar-refractivity contribution >= 4 is 27.3 Å². The molecule has 6 heteroatoms.